The summed E-state index contributed by atoms with van der Waals surface area (Å²) in [5, 5.41) is 8.57. The second-order valence-electron chi connectivity index (χ2n) is 19.8. The summed E-state index contributed by atoms with van der Waals surface area (Å²) in [5.74, 6) is 1.76. The van der Waals surface area contributed by atoms with Crippen LogP contribution < -0.4 is 9.64 Å². The van der Waals surface area contributed by atoms with E-state index in [-0.39, 0.29) is 31.9 Å². The quantitative estimate of drug-likeness (QED) is 0.161. The van der Waals surface area contributed by atoms with E-state index in [0.717, 1.165) is 93.4 Å². The average molecular weight is 1080 g/mol. The Bertz CT molecular complexity index is 4010. The van der Waals surface area contributed by atoms with Gasteiger partial charge in [-0.1, -0.05) is 180 Å². The van der Waals surface area contributed by atoms with E-state index in [0.29, 0.717) is 22.7 Å². The monoisotopic (exact) mass is 1080 g/mol. The Morgan fingerprint density at radius 2 is 1.23 bits per heavy atom. The maximum absolute atomic E-state index is 8.59. The van der Waals surface area contributed by atoms with Gasteiger partial charge in [-0.2, -0.15) is 6.07 Å². The number of ether oxygens (including phenoxy) is 1. The van der Waals surface area contributed by atoms with Gasteiger partial charge in [-0.25, -0.2) is 4.98 Å². The van der Waals surface area contributed by atoms with Crippen molar-refractivity contribution in [3.8, 4) is 28.4 Å². The number of hydrogen-bond acceptors (Lipinski definition) is 4. The zero-order valence-corrected chi connectivity index (χ0v) is 41.5. The molecule has 0 bridgehead atoms. The normalized spacial score (nSPS) is 13.4. The van der Waals surface area contributed by atoms with Crippen molar-refractivity contribution in [3.05, 3.63) is 206 Å². The minimum Gasteiger partial charge on any atom is -0.508 e. The van der Waals surface area contributed by atoms with Gasteiger partial charge < -0.3 is 23.8 Å². The van der Waals surface area contributed by atoms with E-state index in [2.05, 4.69) is 208 Å². The fraction of sp³-hybridized carbons (Fsp3) is 0.145. The van der Waals surface area contributed by atoms with Gasteiger partial charge in [0.15, 0.2) is 0 Å². The molecular weight excluding hydrogens is 1030 g/mol. The fourth-order valence-corrected chi connectivity index (χ4v) is 10.0. The average Bonchev–Trinajstić information content (AvgIpc) is 3.92. The molecule has 7 heteroatoms. The predicted octanol–water partition coefficient (Wildman–Crippen LogP) is 16.2. The molecule has 0 radical (unpaired) electrons. The Morgan fingerprint density at radius 1 is 0.580 bits per heavy atom. The van der Waals surface area contributed by atoms with Crippen LogP contribution in [0.5, 0.6) is 11.5 Å². The molecule has 0 unspecified atom stereocenters. The van der Waals surface area contributed by atoms with E-state index in [9.17, 15) is 0 Å². The van der Waals surface area contributed by atoms with E-state index in [1.807, 2.05) is 24.4 Å². The Labute approximate surface area is 421 Å². The summed E-state index contributed by atoms with van der Waals surface area (Å²) in [6.07, 6.45) is 5.37. The first-order valence-electron chi connectivity index (χ1n) is 24.6. The van der Waals surface area contributed by atoms with Crippen LogP contribution in [0.4, 0.5) is 11.4 Å². The van der Waals surface area contributed by atoms with Crippen molar-refractivity contribution in [2.75, 3.05) is 4.90 Å². The molecule has 0 fully saturated rings. The third-order valence-electron chi connectivity index (χ3n) is 13.4. The molecular formula is C62H50N5OPt-3. The topological polar surface area (TPSA) is 48.1 Å². The molecule has 6 nitrogen and oxygen atoms in total. The van der Waals surface area contributed by atoms with Gasteiger partial charge in [-0.05, 0) is 126 Å². The Hall–Kier alpha value is -7.40. The molecule has 1 aliphatic heterocycles. The van der Waals surface area contributed by atoms with E-state index < -0.39 is 6.85 Å². The van der Waals surface area contributed by atoms with Gasteiger partial charge in [-0.15, -0.1) is 23.6 Å². The molecule has 0 aliphatic carbocycles. The van der Waals surface area contributed by atoms with E-state index in [1.165, 1.54) is 5.56 Å². The third kappa shape index (κ3) is 7.50. The summed E-state index contributed by atoms with van der Waals surface area (Å²) in [4.78, 5) is 11.7. The molecule has 0 amide bonds. The number of benzene rings is 7. The second-order valence-corrected chi connectivity index (χ2v) is 19.8. The van der Waals surface area contributed by atoms with Crippen LogP contribution in [0.3, 0.4) is 0 Å². The van der Waals surface area contributed by atoms with Gasteiger partial charge in [0.25, 0.3) is 0 Å². The molecule has 0 spiro atoms. The molecule has 0 N–H and O–H groups in total. The summed E-state index contributed by atoms with van der Waals surface area (Å²) in [6.45, 7) is 12.8. The molecule has 1 aliphatic rings. The van der Waals surface area contributed by atoms with Crippen LogP contribution in [0.1, 0.15) is 62.3 Å². The Balaban J connectivity index is 0.00000560. The van der Waals surface area contributed by atoms with Crippen LogP contribution in [-0.2, 0) is 31.9 Å². The summed E-state index contributed by atoms with van der Waals surface area (Å²) in [7, 11) is 0. The molecule has 0 atom stereocenters. The fourth-order valence-electron chi connectivity index (χ4n) is 10.0. The van der Waals surface area contributed by atoms with E-state index >= 15 is 0 Å². The third-order valence-corrected chi connectivity index (χ3v) is 13.4. The standard InChI is InChI=1S/C62H50N5O.Pt/c1-39-30-40(32-42(31-39)62(5,6)7)46-21-14-22-53-49-18-10-8-16-47(49)48-17-9-11-19-50(48)54-23-15-25-56-60(54)66(59(46)53)38-65(56)43-34-45(37-63-36-43)68-44-26-27-52-51-20-12-13-24-55(51)67(57(52)35-44)58-33-41(28-29-64-58)61(2,3)4;/h8-33,36-38H,1-7H3;/q-3;/i1D3;. The first-order valence-corrected chi connectivity index (χ1v) is 23.1. The van der Waals surface area contributed by atoms with Crippen LogP contribution in [0.2, 0.25) is 0 Å². The van der Waals surface area contributed by atoms with Crippen LogP contribution in [0.25, 0.3) is 82.1 Å². The number of nitrogens with zero attached hydrogens (tertiary/aromatic N) is 5. The van der Waals surface area contributed by atoms with Gasteiger partial charge in [0.2, 0.25) is 0 Å². The Kier molecular flexibility index (Phi) is 9.83. The summed E-state index contributed by atoms with van der Waals surface area (Å²) < 4.78 is 36.9. The van der Waals surface area contributed by atoms with Crippen LogP contribution in [0, 0.1) is 25.7 Å². The van der Waals surface area contributed by atoms with Crippen LogP contribution in [-0.4, -0.2) is 19.1 Å². The van der Waals surface area contributed by atoms with Crippen LogP contribution >= 0.6 is 0 Å². The molecule has 7 aromatic carbocycles. The zero-order chi connectivity index (χ0) is 49.0. The number of anilines is 2. The first-order chi connectivity index (χ1) is 34.1. The Morgan fingerprint density at radius 3 is 1.94 bits per heavy atom. The van der Waals surface area contributed by atoms with Crippen molar-refractivity contribution >= 4 is 76.5 Å². The summed E-state index contributed by atoms with van der Waals surface area (Å²) >= 11 is 0. The molecule has 12 rings (SSSR count). The minimum absolute atomic E-state index is 0. The minimum atomic E-state index is -2.31. The van der Waals surface area contributed by atoms with Crippen molar-refractivity contribution in [3.63, 3.8) is 0 Å². The number of pyridine rings is 2. The van der Waals surface area contributed by atoms with Gasteiger partial charge in [0.1, 0.15) is 5.82 Å². The summed E-state index contributed by atoms with van der Waals surface area (Å²) in [5.41, 5.74) is 9.19. The zero-order valence-electron chi connectivity index (χ0n) is 42.2. The predicted molar refractivity (Wildman–Crippen MR) is 282 cm³/mol. The molecule has 5 heterocycles. The van der Waals surface area contributed by atoms with E-state index in [1.54, 1.807) is 12.4 Å². The molecule has 69 heavy (non-hydrogen) atoms. The van der Waals surface area contributed by atoms with Gasteiger partial charge in [0.05, 0.1) is 0 Å². The molecule has 342 valence electrons. The van der Waals surface area contributed by atoms with Crippen molar-refractivity contribution in [1.82, 2.24) is 19.1 Å². The maximum atomic E-state index is 8.59. The van der Waals surface area contributed by atoms with E-state index in [4.69, 9.17) is 18.8 Å². The van der Waals surface area contributed by atoms with Crippen molar-refractivity contribution in [2.24, 2.45) is 0 Å². The maximum Gasteiger partial charge on any atom is 0.135 e. The van der Waals surface area contributed by atoms with Crippen molar-refractivity contribution < 1.29 is 29.9 Å². The van der Waals surface area contributed by atoms with Gasteiger partial charge >= 0.3 is 0 Å². The van der Waals surface area contributed by atoms with Gasteiger partial charge in [0, 0.05) is 54.1 Å². The number of fused-ring (bicyclic) bond motifs is 10. The molecule has 11 aromatic rings. The number of aryl methyl sites for hydroxylation is 1. The van der Waals surface area contributed by atoms with Crippen molar-refractivity contribution in [1.29, 1.82) is 0 Å². The number of aromatic nitrogens is 4. The first kappa shape index (κ1) is 40.6. The molecule has 0 saturated carbocycles. The number of hydrogen-bond donors (Lipinski definition) is 0. The smallest absolute Gasteiger partial charge is 0.135 e. The largest absolute Gasteiger partial charge is 0.508 e. The second kappa shape index (κ2) is 16.7. The number of para-hydroxylation sites is 3. The van der Waals surface area contributed by atoms with Crippen molar-refractivity contribution in [2.45, 2.75) is 59.2 Å². The van der Waals surface area contributed by atoms with Crippen LogP contribution in [0.15, 0.2) is 170 Å². The van der Waals surface area contributed by atoms with Gasteiger partial charge in [-0.3, -0.25) is 0 Å². The summed E-state index contributed by atoms with van der Waals surface area (Å²) in [6, 6.07) is 59.6. The molecule has 0 saturated heterocycles. The number of rotatable bonds is 5. The SMILES string of the molecule is [2H]C([2H])([2H])c1cc(-c2cccc3c4ccccc4c4ccccc4c4cccc5c4n(c23)[CH-]N5c2[c-]c(Oc3[c-]c4c(cc3)c3ccccc3n4-c3cc(C(C)(C)C)ccn3)cnc2)cc(C(C)(C)C)c1.[Pt]. The molecule has 4 aromatic heterocycles.